The van der Waals surface area contributed by atoms with Crippen molar-refractivity contribution in [2.24, 2.45) is 11.8 Å². The first kappa shape index (κ1) is 29.1. The van der Waals surface area contributed by atoms with Crippen LogP contribution in [0.15, 0.2) is 23.8 Å². The number of esters is 1. The number of ether oxygens (including phenoxy) is 3. The maximum absolute atomic E-state index is 13.4. The second-order valence-electron chi connectivity index (χ2n) is 9.74. The van der Waals surface area contributed by atoms with E-state index in [1.54, 1.807) is 13.8 Å². The summed E-state index contributed by atoms with van der Waals surface area (Å²) >= 11 is 0. The summed E-state index contributed by atoms with van der Waals surface area (Å²) in [7, 11) is 0. The number of halogens is 2. The average molecular weight is 501 g/mol. The number of fused-ring (bicyclic) bond motifs is 1. The zero-order valence-corrected chi connectivity index (χ0v) is 21.1. The molecule has 0 radical (unpaired) electrons. The molecule has 198 valence electrons. The van der Waals surface area contributed by atoms with E-state index < -0.39 is 41.6 Å². The summed E-state index contributed by atoms with van der Waals surface area (Å²) in [5.74, 6) is -4.02. The predicted molar refractivity (Wildman–Crippen MR) is 125 cm³/mol. The van der Waals surface area contributed by atoms with Gasteiger partial charge >= 0.3 is 11.9 Å². The molecule has 1 heterocycles. The maximum atomic E-state index is 13.4. The van der Waals surface area contributed by atoms with E-state index in [2.05, 4.69) is 17.7 Å². The van der Waals surface area contributed by atoms with Crippen LogP contribution in [-0.4, -0.2) is 46.9 Å². The molecule has 1 saturated carbocycles. The lowest BCUT2D eigenvalue weighted by atomic mass is 9.88. The van der Waals surface area contributed by atoms with Gasteiger partial charge in [-0.15, -0.1) is 0 Å². The molecule has 1 aliphatic carbocycles. The molecule has 0 aromatic heterocycles. The standard InChI is InChI=1S/C26H38F2O7/c1-5-6-7-8-9-10-14-18-17(20(30)23-21(18)34-26(3,4)35-23)13-11-12-15-19(24(27)28)22(25(31)32)33-16(2)29/h10,14,17-18,21-23H,5-9,11-13,15H2,1-4H3,(H,31,32)/t17-,18-,21+,22?,23-/m1/s1. The molecule has 9 heteroatoms. The summed E-state index contributed by atoms with van der Waals surface area (Å²) in [5.41, 5.74) is -0.723. The van der Waals surface area contributed by atoms with Crippen molar-refractivity contribution in [3.05, 3.63) is 23.8 Å². The number of allylic oxidation sites excluding steroid dienone is 1. The minimum absolute atomic E-state index is 0.0445. The van der Waals surface area contributed by atoms with E-state index in [1.807, 2.05) is 6.08 Å². The largest absolute Gasteiger partial charge is 0.478 e. The summed E-state index contributed by atoms with van der Waals surface area (Å²) in [5, 5.41) is 9.20. The van der Waals surface area contributed by atoms with Crippen molar-refractivity contribution in [1.82, 2.24) is 0 Å². The molecule has 7 nitrogen and oxygen atoms in total. The van der Waals surface area contributed by atoms with Gasteiger partial charge in [-0.3, -0.25) is 9.59 Å². The van der Waals surface area contributed by atoms with E-state index in [0.29, 0.717) is 12.8 Å². The quantitative estimate of drug-likeness (QED) is 0.189. The van der Waals surface area contributed by atoms with Crippen molar-refractivity contribution in [3.8, 4) is 0 Å². The first-order valence-corrected chi connectivity index (χ1v) is 12.5. The van der Waals surface area contributed by atoms with Gasteiger partial charge in [0.1, 0.15) is 12.2 Å². The van der Waals surface area contributed by atoms with Crippen LogP contribution in [0.2, 0.25) is 0 Å². The Balaban J connectivity index is 2.01. The van der Waals surface area contributed by atoms with Gasteiger partial charge in [-0.1, -0.05) is 44.8 Å². The highest BCUT2D eigenvalue weighted by Gasteiger charge is 2.57. The topological polar surface area (TPSA) is 99.1 Å². The number of Topliss-reactive ketones (excluding diaryl/α,β-unsaturated/α-hetero) is 1. The van der Waals surface area contributed by atoms with Gasteiger partial charge in [0, 0.05) is 24.3 Å². The van der Waals surface area contributed by atoms with Gasteiger partial charge in [-0.2, -0.15) is 8.78 Å². The second kappa shape index (κ2) is 13.3. The van der Waals surface area contributed by atoms with Gasteiger partial charge in [0.25, 0.3) is 6.08 Å². The maximum Gasteiger partial charge on any atom is 0.349 e. The Hall–Kier alpha value is -2.13. The molecule has 5 atom stereocenters. The van der Waals surface area contributed by atoms with E-state index in [0.717, 1.165) is 32.6 Å². The molecule has 2 fully saturated rings. The molecule has 1 aliphatic heterocycles. The number of hydrogen-bond donors (Lipinski definition) is 1. The number of carboxylic acids is 1. The van der Waals surface area contributed by atoms with Gasteiger partial charge in [0.15, 0.2) is 11.6 Å². The monoisotopic (exact) mass is 500 g/mol. The van der Waals surface area contributed by atoms with E-state index in [-0.39, 0.29) is 36.6 Å². The summed E-state index contributed by atoms with van der Waals surface area (Å²) in [6, 6.07) is 0. The smallest absolute Gasteiger partial charge is 0.349 e. The number of carboxylic acid groups (broad SMARTS) is 1. The molecule has 1 unspecified atom stereocenters. The Labute approximate surface area is 205 Å². The van der Waals surface area contributed by atoms with Crippen LogP contribution in [0.1, 0.15) is 85.5 Å². The van der Waals surface area contributed by atoms with Crippen molar-refractivity contribution < 1.29 is 42.5 Å². The van der Waals surface area contributed by atoms with E-state index in [9.17, 15) is 28.3 Å². The van der Waals surface area contributed by atoms with E-state index >= 15 is 0 Å². The molecule has 0 spiro atoms. The number of ketones is 1. The highest BCUT2D eigenvalue weighted by Crippen LogP contribution is 2.45. The highest BCUT2D eigenvalue weighted by molar-refractivity contribution is 5.89. The first-order chi connectivity index (χ1) is 16.5. The normalized spacial score (nSPS) is 26.1. The Morgan fingerprint density at radius 3 is 2.46 bits per heavy atom. The van der Waals surface area contributed by atoms with Crippen molar-refractivity contribution in [2.75, 3.05) is 0 Å². The van der Waals surface area contributed by atoms with Gasteiger partial charge in [-0.05, 0) is 46.0 Å². The highest BCUT2D eigenvalue weighted by atomic mass is 19.3. The van der Waals surface area contributed by atoms with Crippen LogP contribution in [0.3, 0.4) is 0 Å². The minimum atomic E-state index is -2.17. The third-order valence-corrected chi connectivity index (χ3v) is 6.48. The first-order valence-electron chi connectivity index (χ1n) is 12.5. The fourth-order valence-electron chi connectivity index (χ4n) is 4.88. The van der Waals surface area contributed by atoms with Crippen LogP contribution >= 0.6 is 0 Å². The molecule has 1 saturated heterocycles. The van der Waals surface area contributed by atoms with Crippen LogP contribution in [0, 0.1) is 11.8 Å². The fourth-order valence-corrected chi connectivity index (χ4v) is 4.88. The predicted octanol–water partition coefficient (Wildman–Crippen LogP) is 5.58. The van der Waals surface area contributed by atoms with Crippen molar-refractivity contribution in [1.29, 1.82) is 0 Å². The number of rotatable bonds is 14. The number of unbranched alkanes of at least 4 members (excludes halogenated alkanes) is 5. The molecule has 0 aromatic rings. The molecule has 0 bridgehead atoms. The van der Waals surface area contributed by atoms with Crippen LogP contribution in [0.5, 0.6) is 0 Å². The Kier molecular flexibility index (Phi) is 11.0. The molecule has 0 amide bonds. The number of aliphatic carboxylic acids is 1. The van der Waals surface area contributed by atoms with Crippen molar-refractivity contribution in [3.63, 3.8) is 0 Å². The molecule has 35 heavy (non-hydrogen) atoms. The van der Waals surface area contributed by atoms with Crippen LogP contribution in [-0.2, 0) is 28.6 Å². The third-order valence-electron chi connectivity index (χ3n) is 6.48. The average Bonchev–Trinajstić information content (AvgIpc) is 3.20. The molecule has 2 rings (SSSR count). The Bertz CT molecular complexity index is 817. The Morgan fingerprint density at radius 2 is 1.86 bits per heavy atom. The molecular formula is C26H38F2O7. The third kappa shape index (κ3) is 8.20. The minimum Gasteiger partial charge on any atom is -0.478 e. The fraction of sp³-hybridized carbons (Fsp3) is 0.731. The van der Waals surface area contributed by atoms with Gasteiger partial charge < -0.3 is 19.3 Å². The number of carbonyl (C=O) groups is 3. The summed E-state index contributed by atoms with van der Waals surface area (Å²) in [6.45, 7) is 6.68. The zero-order chi connectivity index (χ0) is 26.2. The van der Waals surface area contributed by atoms with Gasteiger partial charge in [-0.25, -0.2) is 4.79 Å². The lowest BCUT2D eigenvalue weighted by Crippen LogP contribution is -2.29. The second-order valence-corrected chi connectivity index (χ2v) is 9.74. The summed E-state index contributed by atoms with van der Waals surface area (Å²) < 4.78 is 43.3. The molecular weight excluding hydrogens is 462 g/mol. The van der Waals surface area contributed by atoms with Crippen molar-refractivity contribution >= 4 is 17.7 Å². The summed E-state index contributed by atoms with van der Waals surface area (Å²) in [6.07, 6.45) is 5.22. The number of carbonyl (C=O) groups excluding carboxylic acids is 2. The van der Waals surface area contributed by atoms with Gasteiger partial charge in [0.2, 0.25) is 6.10 Å². The van der Waals surface area contributed by atoms with Crippen molar-refractivity contribution in [2.45, 2.75) is 110 Å². The molecule has 0 aromatic carbocycles. The summed E-state index contributed by atoms with van der Waals surface area (Å²) in [4.78, 5) is 35.6. The Morgan fingerprint density at radius 1 is 1.14 bits per heavy atom. The lowest BCUT2D eigenvalue weighted by molar-refractivity contribution is -0.165. The molecule has 1 N–H and O–H groups in total. The van der Waals surface area contributed by atoms with E-state index in [1.165, 1.54) is 6.42 Å². The zero-order valence-electron chi connectivity index (χ0n) is 21.1. The van der Waals surface area contributed by atoms with E-state index in [4.69, 9.17) is 9.47 Å². The van der Waals surface area contributed by atoms with Crippen LogP contribution < -0.4 is 0 Å². The SMILES string of the molecule is CCCCCCC=C[C@H]1[C@@H]2OC(C)(C)O[C@@H]2C(=O)[C@@H]1CCCCC(=C(F)F)C(OC(C)=O)C(=O)O. The van der Waals surface area contributed by atoms with Crippen LogP contribution in [0.25, 0.3) is 0 Å². The lowest BCUT2D eigenvalue weighted by Gasteiger charge is -2.24. The van der Waals surface area contributed by atoms with Gasteiger partial charge in [0.05, 0.1) is 0 Å². The van der Waals surface area contributed by atoms with Crippen LogP contribution in [0.4, 0.5) is 8.78 Å². The molecule has 2 aliphatic rings. The number of hydrogen-bond acceptors (Lipinski definition) is 6.